The molecule has 0 atom stereocenters. The fourth-order valence-corrected chi connectivity index (χ4v) is 1.04. The molecule has 11 heteroatoms. The lowest BCUT2D eigenvalue weighted by molar-refractivity contribution is -0.525. The predicted molar refractivity (Wildman–Crippen MR) is 59.4 cm³/mol. The topological polar surface area (TPSA) is 160 Å². The van der Waals surface area contributed by atoms with E-state index in [0.717, 1.165) is 6.21 Å². The molecule has 0 spiro atoms. The Labute approximate surface area is 97.7 Å². The van der Waals surface area contributed by atoms with E-state index >= 15 is 0 Å². The number of aromatic hydroxyl groups is 1. The van der Waals surface area contributed by atoms with Gasteiger partial charge in [0, 0.05) is 6.21 Å². The Bertz CT molecular complexity index is 601. The minimum absolute atomic E-state index is 0.0804. The van der Waals surface area contributed by atoms with Gasteiger partial charge in [0.25, 0.3) is 11.5 Å². The van der Waals surface area contributed by atoms with Crippen molar-refractivity contribution in [1.82, 2.24) is 15.4 Å². The Kier molecular flexibility index (Phi) is 3.66. The highest BCUT2D eigenvalue weighted by Gasteiger charge is 2.05. The first-order chi connectivity index (χ1) is 7.90. The van der Waals surface area contributed by atoms with Crippen LogP contribution < -0.4 is 11.0 Å². The number of rotatable bonds is 2. The van der Waals surface area contributed by atoms with Crippen LogP contribution in [0.5, 0.6) is 5.88 Å². The van der Waals surface area contributed by atoms with Gasteiger partial charge in [0.2, 0.25) is 5.88 Å². The third-order valence-electron chi connectivity index (χ3n) is 1.48. The summed E-state index contributed by atoms with van der Waals surface area (Å²) in [4.78, 5) is 28.9. The minimum Gasteiger partial charge on any atom is -0.494 e. The van der Waals surface area contributed by atoms with Crippen molar-refractivity contribution in [3.8, 4) is 5.88 Å². The molecule has 17 heavy (non-hydrogen) atoms. The van der Waals surface area contributed by atoms with Crippen LogP contribution in [0.1, 0.15) is 5.56 Å². The van der Waals surface area contributed by atoms with Crippen molar-refractivity contribution in [1.29, 1.82) is 5.41 Å². The highest BCUT2D eigenvalue weighted by Crippen LogP contribution is 2.03. The average molecular weight is 258 g/mol. The van der Waals surface area contributed by atoms with E-state index in [-0.39, 0.29) is 10.3 Å². The molecule has 1 aromatic heterocycles. The predicted octanol–water partition coefficient (Wildman–Crippen LogP) is -0.727. The zero-order chi connectivity index (χ0) is 13.0. The smallest absolute Gasteiger partial charge is 0.277 e. The molecule has 0 aliphatic carbocycles. The normalized spacial score (nSPS) is 10.4. The molecule has 0 radical (unpaired) electrons. The van der Waals surface area contributed by atoms with Gasteiger partial charge in [0.15, 0.2) is 9.80 Å². The van der Waals surface area contributed by atoms with Gasteiger partial charge in [-0.15, -0.1) is 0 Å². The molecule has 90 valence electrons. The first-order valence-electron chi connectivity index (χ1n) is 3.99. The maximum Gasteiger partial charge on any atom is 0.277 e. The Morgan fingerprint density at radius 2 is 2.29 bits per heavy atom. The van der Waals surface area contributed by atoms with E-state index in [2.05, 4.69) is 27.2 Å². The summed E-state index contributed by atoms with van der Waals surface area (Å²) in [5.74, 6) is -1.34. The number of aliphatic imine (C=N–C) groups is 1. The molecule has 1 rings (SSSR count). The summed E-state index contributed by atoms with van der Waals surface area (Å²) in [5.41, 5.74) is 0.416. The van der Waals surface area contributed by atoms with Gasteiger partial charge in [0.1, 0.15) is 5.56 Å². The second-order valence-corrected chi connectivity index (χ2v) is 3.05. The van der Waals surface area contributed by atoms with Crippen molar-refractivity contribution < 1.29 is 10.1 Å². The number of hydrazine groups is 1. The Balaban J connectivity index is 3.00. The number of aromatic nitrogens is 2. The lowest BCUT2D eigenvalue weighted by atomic mass is 10.3. The van der Waals surface area contributed by atoms with Crippen molar-refractivity contribution in [3.05, 3.63) is 30.8 Å². The zero-order valence-corrected chi connectivity index (χ0v) is 8.87. The minimum atomic E-state index is -0.984. The van der Waals surface area contributed by atoms with Crippen LogP contribution in [-0.4, -0.2) is 32.3 Å². The van der Waals surface area contributed by atoms with E-state index in [1.54, 1.807) is 0 Å². The number of hydrogen-bond donors (Lipinski definition) is 5. The molecule has 10 nitrogen and oxygen atoms in total. The lowest BCUT2D eigenvalue weighted by Gasteiger charge is -1.96. The molecule has 1 heterocycles. The van der Waals surface area contributed by atoms with Crippen LogP contribution in [0.2, 0.25) is 0 Å². The molecule has 0 aromatic carbocycles. The van der Waals surface area contributed by atoms with Gasteiger partial charge < -0.3 is 10.1 Å². The van der Waals surface area contributed by atoms with Crippen molar-refractivity contribution in [3.63, 3.8) is 0 Å². The zero-order valence-electron chi connectivity index (χ0n) is 8.05. The highest BCUT2D eigenvalue weighted by molar-refractivity contribution is 7.71. The first-order valence-corrected chi connectivity index (χ1v) is 4.40. The lowest BCUT2D eigenvalue weighted by Crippen LogP contribution is -2.27. The molecule has 0 aliphatic heterocycles. The molecule has 5 N–H and O–H groups in total. The monoisotopic (exact) mass is 258 g/mol. The molecule has 0 saturated carbocycles. The summed E-state index contributed by atoms with van der Waals surface area (Å²) < 4.78 is -0.0804. The maximum atomic E-state index is 11.3. The highest BCUT2D eigenvalue weighted by atomic mass is 32.1. The molecule has 0 fully saturated rings. The van der Waals surface area contributed by atoms with Crippen LogP contribution in [0.15, 0.2) is 9.79 Å². The van der Waals surface area contributed by atoms with Crippen molar-refractivity contribution in [2.45, 2.75) is 0 Å². The Morgan fingerprint density at radius 1 is 1.65 bits per heavy atom. The summed E-state index contributed by atoms with van der Waals surface area (Å²) >= 11 is 4.58. The molecular weight excluding hydrogens is 252 g/mol. The Hall–Kier alpha value is -2.56. The van der Waals surface area contributed by atoms with E-state index in [0.29, 0.717) is 0 Å². The van der Waals surface area contributed by atoms with Crippen LogP contribution in [0.3, 0.4) is 0 Å². The van der Waals surface area contributed by atoms with Gasteiger partial charge in [-0.2, -0.15) is 0 Å². The van der Waals surface area contributed by atoms with Gasteiger partial charge >= 0.3 is 0 Å². The standard InChI is InChI=1S/C6H6N6O4S/c7-5(11-12(15)16)8-1-2-3(13)9-6(17)10-4(2)14/h1H,(H2,7,11)(H3,9,10,13,14,17)/b8-1+. The van der Waals surface area contributed by atoms with E-state index < -0.39 is 22.4 Å². The summed E-state index contributed by atoms with van der Waals surface area (Å²) in [6.07, 6.45) is 0.790. The fourth-order valence-electron chi connectivity index (χ4n) is 0.848. The number of nitrogens with zero attached hydrogens (tertiary/aromatic N) is 2. The van der Waals surface area contributed by atoms with E-state index in [4.69, 9.17) is 5.41 Å². The quantitative estimate of drug-likeness (QED) is 0.154. The van der Waals surface area contributed by atoms with Gasteiger partial charge in [-0.1, -0.05) is 5.43 Å². The molecule has 0 amide bonds. The SMILES string of the molecule is N=C(/N=C/c1c(O)[nH]c(=S)[nH]c1=O)N[N+](=O)[O-]. The van der Waals surface area contributed by atoms with E-state index in [1.165, 1.54) is 5.43 Å². The molecule has 1 aromatic rings. The molecule has 0 unspecified atom stereocenters. The largest absolute Gasteiger partial charge is 0.494 e. The van der Waals surface area contributed by atoms with Crippen LogP contribution in [0, 0.1) is 20.3 Å². The molecule has 0 bridgehead atoms. The summed E-state index contributed by atoms with van der Waals surface area (Å²) in [5, 5.41) is 25.2. The van der Waals surface area contributed by atoms with Crippen LogP contribution in [-0.2, 0) is 0 Å². The van der Waals surface area contributed by atoms with Gasteiger partial charge in [-0.3, -0.25) is 15.2 Å². The molecule has 0 saturated heterocycles. The van der Waals surface area contributed by atoms with Gasteiger partial charge in [-0.05, 0) is 12.2 Å². The first kappa shape index (κ1) is 12.5. The number of aromatic amines is 2. The number of guanidine groups is 1. The van der Waals surface area contributed by atoms with Gasteiger partial charge in [-0.25, -0.2) is 15.1 Å². The van der Waals surface area contributed by atoms with Gasteiger partial charge in [0.05, 0.1) is 0 Å². The number of nitrogens with one attached hydrogen (secondary N) is 4. The van der Waals surface area contributed by atoms with Crippen LogP contribution >= 0.6 is 12.2 Å². The summed E-state index contributed by atoms with van der Waals surface area (Å²) in [6.45, 7) is 0. The number of hydrogen-bond acceptors (Lipinski definition) is 6. The second-order valence-electron chi connectivity index (χ2n) is 2.65. The third kappa shape index (κ3) is 3.49. The molecule has 0 aliphatic rings. The van der Waals surface area contributed by atoms with Crippen molar-refractivity contribution in [2.75, 3.05) is 0 Å². The summed E-state index contributed by atoms with van der Waals surface area (Å²) in [7, 11) is 0. The number of H-pyrrole nitrogens is 2. The van der Waals surface area contributed by atoms with Crippen molar-refractivity contribution in [2.24, 2.45) is 4.99 Å². The van der Waals surface area contributed by atoms with E-state index in [9.17, 15) is 20.0 Å². The Morgan fingerprint density at radius 3 is 2.82 bits per heavy atom. The maximum absolute atomic E-state index is 11.3. The average Bonchev–Trinajstić information content (AvgIpc) is 2.14. The van der Waals surface area contributed by atoms with Crippen molar-refractivity contribution >= 4 is 24.4 Å². The summed E-state index contributed by atoms with van der Waals surface area (Å²) in [6, 6.07) is 0. The fraction of sp³-hybridized carbons (Fsp3) is 0. The number of nitro groups is 1. The second kappa shape index (κ2) is 4.98. The third-order valence-corrected chi connectivity index (χ3v) is 1.68. The van der Waals surface area contributed by atoms with E-state index in [1.807, 2.05) is 0 Å². The van der Waals surface area contributed by atoms with Crippen LogP contribution in [0.25, 0.3) is 0 Å². The molecular formula is C6H6N6O4S. The van der Waals surface area contributed by atoms with Crippen LogP contribution in [0.4, 0.5) is 0 Å².